The molecule has 3 rings (SSSR count). The van der Waals surface area contributed by atoms with Gasteiger partial charge in [0.1, 0.15) is 18.3 Å². The molecule has 0 spiro atoms. The van der Waals surface area contributed by atoms with Crippen LogP contribution in [0.3, 0.4) is 0 Å². The molecule has 0 unspecified atom stereocenters. The van der Waals surface area contributed by atoms with Gasteiger partial charge in [0.25, 0.3) is 0 Å². The van der Waals surface area contributed by atoms with Gasteiger partial charge in [-0.3, -0.25) is 4.79 Å². The average molecular weight is 444 g/mol. The van der Waals surface area contributed by atoms with E-state index in [0.29, 0.717) is 30.2 Å². The Morgan fingerprint density at radius 2 is 1.81 bits per heavy atom. The number of anilines is 3. The molecule has 10 nitrogen and oxygen atoms in total. The van der Waals surface area contributed by atoms with E-state index in [0.717, 1.165) is 0 Å². The van der Waals surface area contributed by atoms with Crippen LogP contribution >= 0.6 is 11.6 Å². The number of nitrogen functional groups attached to an aromatic ring is 1. The van der Waals surface area contributed by atoms with E-state index < -0.39 is 5.97 Å². The number of aromatic nitrogens is 4. The molecule has 0 aliphatic heterocycles. The van der Waals surface area contributed by atoms with Gasteiger partial charge < -0.3 is 21.1 Å². The quantitative estimate of drug-likeness (QED) is 0.370. The van der Waals surface area contributed by atoms with Gasteiger partial charge in [0.2, 0.25) is 5.91 Å². The number of hydrogen-bond donors (Lipinski definition) is 3. The van der Waals surface area contributed by atoms with Gasteiger partial charge in [-0.2, -0.15) is 0 Å². The highest BCUT2D eigenvalue weighted by molar-refractivity contribution is 6.32. The molecule has 0 aliphatic rings. The van der Waals surface area contributed by atoms with Crippen molar-refractivity contribution in [1.82, 2.24) is 19.9 Å². The van der Waals surface area contributed by atoms with E-state index >= 15 is 0 Å². The van der Waals surface area contributed by atoms with Crippen molar-refractivity contribution in [3.05, 3.63) is 66.1 Å². The summed E-state index contributed by atoms with van der Waals surface area (Å²) in [6, 6.07) is 8.24. The summed E-state index contributed by atoms with van der Waals surface area (Å²) in [5, 5.41) is 5.81. The van der Waals surface area contributed by atoms with Crippen molar-refractivity contribution in [2.24, 2.45) is 0 Å². The van der Waals surface area contributed by atoms with Crippen molar-refractivity contribution in [3.63, 3.8) is 0 Å². The predicted octanol–water partition coefficient (Wildman–Crippen LogP) is 2.81. The lowest BCUT2D eigenvalue weighted by atomic mass is 10.2. The number of nitrogens with zero attached hydrogens (tertiary/aromatic N) is 4. The summed E-state index contributed by atoms with van der Waals surface area (Å²) in [5.41, 5.74) is 6.97. The maximum atomic E-state index is 11.9. The number of halogens is 1. The Kier molecular flexibility index (Phi) is 9.63. The van der Waals surface area contributed by atoms with Gasteiger partial charge in [-0.1, -0.05) is 11.6 Å². The van der Waals surface area contributed by atoms with Crippen molar-refractivity contribution in [2.45, 2.75) is 13.3 Å². The Bertz CT molecular complexity index is 946. The van der Waals surface area contributed by atoms with Crippen LogP contribution in [0.2, 0.25) is 5.15 Å². The van der Waals surface area contributed by atoms with Crippen LogP contribution in [0, 0.1) is 0 Å². The topological polar surface area (TPSA) is 145 Å². The summed E-state index contributed by atoms with van der Waals surface area (Å²) in [6.07, 6.45) is 6.35. The second-order valence-electron chi connectivity index (χ2n) is 5.85. The van der Waals surface area contributed by atoms with Crippen LogP contribution < -0.4 is 16.4 Å². The molecule has 2 heterocycles. The molecule has 162 valence electrons. The summed E-state index contributed by atoms with van der Waals surface area (Å²) >= 11 is 5.79. The predicted molar refractivity (Wildman–Crippen MR) is 118 cm³/mol. The van der Waals surface area contributed by atoms with Crippen LogP contribution in [-0.2, 0) is 9.53 Å². The largest absolute Gasteiger partial charge is 0.462 e. The van der Waals surface area contributed by atoms with E-state index in [4.69, 9.17) is 22.1 Å². The van der Waals surface area contributed by atoms with E-state index in [2.05, 4.69) is 30.6 Å². The zero-order valence-corrected chi connectivity index (χ0v) is 17.5. The van der Waals surface area contributed by atoms with Gasteiger partial charge in [-0.15, -0.1) is 0 Å². The third-order valence-corrected chi connectivity index (χ3v) is 3.94. The van der Waals surface area contributed by atoms with Crippen molar-refractivity contribution in [2.75, 3.05) is 29.5 Å². The van der Waals surface area contributed by atoms with Gasteiger partial charge in [0, 0.05) is 31.0 Å². The number of amides is 1. The molecule has 0 saturated heterocycles. The minimum absolute atomic E-state index is 0.156. The molecule has 31 heavy (non-hydrogen) atoms. The number of carbonyl (C=O) groups excluding carboxylic acids is 2. The Morgan fingerprint density at radius 3 is 2.39 bits per heavy atom. The molecule has 0 saturated carbocycles. The summed E-state index contributed by atoms with van der Waals surface area (Å²) in [6.45, 7) is 2.38. The zero-order chi connectivity index (χ0) is 22.5. The monoisotopic (exact) mass is 443 g/mol. The second-order valence-corrected chi connectivity index (χ2v) is 6.21. The number of ether oxygens (including phenoxy) is 1. The highest BCUT2D eigenvalue weighted by atomic mass is 35.5. The number of carbonyl (C=O) groups is 2. The van der Waals surface area contributed by atoms with Crippen molar-refractivity contribution in [3.8, 4) is 0 Å². The van der Waals surface area contributed by atoms with E-state index in [9.17, 15) is 9.59 Å². The van der Waals surface area contributed by atoms with Crippen LogP contribution in [-0.4, -0.2) is 45.0 Å². The molecule has 4 N–H and O–H groups in total. The molecule has 0 radical (unpaired) electrons. The highest BCUT2D eigenvalue weighted by Crippen LogP contribution is 2.21. The van der Waals surface area contributed by atoms with Crippen LogP contribution in [0.1, 0.15) is 23.7 Å². The third kappa shape index (κ3) is 8.23. The van der Waals surface area contributed by atoms with Gasteiger partial charge >= 0.3 is 5.97 Å². The van der Waals surface area contributed by atoms with Gasteiger partial charge in [0.15, 0.2) is 11.0 Å². The molecule has 0 fully saturated rings. The maximum absolute atomic E-state index is 11.9. The molecular weight excluding hydrogens is 422 g/mol. The first-order valence-corrected chi connectivity index (χ1v) is 9.66. The molecule has 0 aliphatic carbocycles. The number of esters is 1. The van der Waals surface area contributed by atoms with Gasteiger partial charge in [-0.25, -0.2) is 24.7 Å². The Morgan fingerprint density at radius 1 is 1.10 bits per heavy atom. The summed E-state index contributed by atoms with van der Waals surface area (Å²) in [5.74, 6) is -0.215. The lowest BCUT2D eigenvalue weighted by Crippen LogP contribution is -2.17. The normalized spacial score (nSPS) is 9.74. The van der Waals surface area contributed by atoms with E-state index in [-0.39, 0.29) is 23.2 Å². The Hall–Kier alpha value is -3.79. The fourth-order valence-corrected chi connectivity index (χ4v) is 2.32. The second kappa shape index (κ2) is 12.7. The molecule has 1 aromatic carbocycles. The summed E-state index contributed by atoms with van der Waals surface area (Å²) in [4.78, 5) is 38.5. The number of hydrogen-bond acceptors (Lipinski definition) is 9. The highest BCUT2D eigenvalue weighted by Gasteiger charge is 2.09. The first kappa shape index (κ1) is 23.5. The van der Waals surface area contributed by atoms with Crippen LogP contribution in [0.25, 0.3) is 0 Å². The van der Waals surface area contributed by atoms with Crippen molar-refractivity contribution < 1.29 is 14.3 Å². The SMILES string of the molecule is CCOC(=O)c1ccc(NC(=O)CCNc2ncnc(Cl)c2N)cc1.c1cncnc1. The fourth-order valence-electron chi connectivity index (χ4n) is 2.19. The van der Waals surface area contributed by atoms with E-state index in [1.165, 1.54) is 12.7 Å². The Labute approximate surface area is 184 Å². The van der Waals surface area contributed by atoms with Crippen molar-refractivity contribution >= 4 is 40.7 Å². The van der Waals surface area contributed by atoms with Crippen LogP contribution in [0.5, 0.6) is 0 Å². The number of rotatable bonds is 7. The minimum atomic E-state index is -0.398. The van der Waals surface area contributed by atoms with Gasteiger partial charge in [-0.05, 0) is 37.3 Å². The Balaban J connectivity index is 0.000000488. The lowest BCUT2D eigenvalue weighted by molar-refractivity contribution is -0.115. The minimum Gasteiger partial charge on any atom is -0.462 e. The third-order valence-electron chi connectivity index (χ3n) is 3.64. The molecule has 0 atom stereocenters. The molecule has 11 heteroatoms. The first-order valence-electron chi connectivity index (χ1n) is 9.28. The average Bonchev–Trinajstić information content (AvgIpc) is 2.79. The van der Waals surface area contributed by atoms with Crippen molar-refractivity contribution in [1.29, 1.82) is 0 Å². The van der Waals surface area contributed by atoms with Gasteiger partial charge in [0.05, 0.1) is 12.2 Å². The van der Waals surface area contributed by atoms with E-state index in [1.807, 2.05) is 0 Å². The smallest absolute Gasteiger partial charge is 0.338 e. The molecule has 0 bridgehead atoms. The molecular formula is C20H22ClN7O3. The fraction of sp³-hybridized carbons (Fsp3) is 0.200. The van der Waals surface area contributed by atoms with Crippen LogP contribution in [0.15, 0.2) is 55.4 Å². The molecule has 3 aromatic rings. The lowest BCUT2D eigenvalue weighted by Gasteiger charge is -2.09. The first-order chi connectivity index (χ1) is 15.0. The number of nitrogens with two attached hydrogens (primary N) is 1. The maximum Gasteiger partial charge on any atom is 0.338 e. The zero-order valence-electron chi connectivity index (χ0n) is 16.8. The summed E-state index contributed by atoms with van der Waals surface area (Å²) in [7, 11) is 0. The molecule has 2 aromatic heterocycles. The number of nitrogens with one attached hydrogen (secondary N) is 2. The van der Waals surface area contributed by atoms with E-state index in [1.54, 1.807) is 49.6 Å². The molecule has 1 amide bonds. The number of benzene rings is 1. The van der Waals surface area contributed by atoms with Crippen LogP contribution in [0.4, 0.5) is 17.2 Å². The summed E-state index contributed by atoms with van der Waals surface area (Å²) < 4.78 is 4.90. The standard InChI is InChI=1S/C16H18ClN5O3.C4H4N2/c1-2-25-16(24)10-3-5-11(6-4-10)22-12(23)7-8-19-15-13(18)14(17)20-9-21-15;1-2-5-4-6-3-1/h3-6,9H,2,7-8,18H2,1H3,(H,22,23)(H,19,20,21);1-4H.